The number of nitrogens with two attached hydrogens (primary N) is 1. The van der Waals surface area contributed by atoms with Gasteiger partial charge in [-0.05, 0) is 23.8 Å². The summed E-state index contributed by atoms with van der Waals surface area (Å²) in [6.07, 6.45) is 0. The van der Waals surface area contributed by atoms with E-state index in [0.29, 0.717) is 22.9 Å². The van der Waals surface area contributed by atoms with Crippen LogP contribution in [-0.2, 0) is 6.54 Å². The van der Waals surface area contributed by atoms with Crippen molar-refractivity contribution in [3.63, 3.8) is 0 Å². The van der Waals surface area contributed by atoms with Gasteiger partial charge in [-0.1, -0.05) is 55.8 Å². The van der Waals surface area contributed by atoms with E-state index in [2.05, 4.69) is 31.3 Å². The fraction of sp³-hybridized carbons (Fsp3) is 0.316. The number of nitrogens with one attached hydrogen (secondary N) is 1. The van der Waals surface area contributed by atoms with Gasteiger partial charge in [-0.15, -0.1) is 0 Å². The summed E-state index contributed by atoms with van der Waals surface area (Å²) in [5, 5.41) is 3.94. The highest BCUT2D eigenvalue weighted by molar-refractivity contribution is 6.30. The Morgan fingerprint density at radius 1 is 1.21 bits per heavy atom. The van der Waals surface area contributed by atoms with Gasteiger partial charge >= 0.3 is 0 Å². The van der Waals surface area contributed by atoms with E-state index in [9.17, 15) is 4.79 Å². The smallest absolute Gasteiger partial charge is 0.252 e. The molecule has 0 unspecified atom stereocenters. The Kier molecular flexibility index (Phi) is 6.23. The van der Waals surface area contributed by atoms with Crippen molar-refractivity contribution in [1.82, 2.24) is 5.32 Å². The molecule has 2 aromatic rings. The van der Waals surface area contributed by atoms with E-state index in [1.54, 1.807) is 18.2 Å². The molecule has 2 rings (SSSR count). The number of primary amides is 1. The van der Waals surface area contributed by atoms with Crippen molar-refractivity contribution >= 4 is 17.5 Å². The summed E-state index contributed by atoms with van der Waals surface area (Å²) < 4.78 is 5.82. The standard InChI is InChI=1S/C19H23ClN2O2/c1-19(2,12-22-11-14-6-4-3-5-7-14)13-24-17-10-15(20)8-9-16(17)18(21)23/h3-10,22H,11-13H2,1-2H3,(H2,21,23). The third-order valence-corrected chi connectivity index (χ3v) is 3.84. The molecule has 0 aliphatic heterocycles. The highest BCUT2D eigenvalue weighted by Crippen LogP contribution is 2.25. The van der Waals surface area contributed by atoms with Crippen molar-refractivity contribution < 1.29 is 9.53 Å². The Bertz CT molecular complexity index is 687. The molecular weight excluding hydrogens is 324 g/mol. The predicted molar refractivity (Wildman–Crippen MR) is 97.4 cm³/mol. The number of amides is 1. The quantitative estimate of drug-likeness (QED) is 0.767. The highest BCUT2D eigenvalue weighted by Gasteiger charge is 2.20. The highest BCUT2D eigenvalue weighted by atomic mass is 35.5. The van der Waals surface area contributed by atoms with E-state index in [1.165, 1.54) is 5.56 Å². The van der Waals surface area contributed by atoms with Crippen LogP contribution < -0.4 is 15.8 Å². The van der Waals surface area contributed by atoms with Gasteiger partial charge in [0, 0.05) is 23.5 Å². The maximum absolute atomic E-state index is 11.5. The van der Waals surface area contributed by atoms with Crippen LogP contribution >= 0.6 is 11.6 Å². The third kappa shape index (κ3) is 5.55. The van der Waals surface area contributed by atoms with Crippen molar-refractivity contribution in [1.29, 1.82) is 0 Å². The molecule has 4 nitrogen and oxygen atoms in total. The molecule has 0 bridgehead atoms. The summed E-state index contributed by atoms with van der Waals surface area (Å²) >= 11 is 5.98. The van der Waals surface area contributed by atoms with E-state index >= 15 is 0 Å². The molecule has 0 aliphatic rings. The zero-order chi connectivity index (χ0) is 17.6. The van der Waals surface area contributed by atoms with Crippen LogP contribution in [-0.4, -0.2) is 19.1 Å². The van der Waals surface area contributed by atoms with Crippen molar-refractivity contribution in [3.05, 3.63) is 64.7 Å². The van der Waals surface area contributed by atoms with Crippen molar-refractivity contribution in [2.75, 3.05) is 13.2 Å². The molecule has 0 saturated heterocycles. The number of hydrogen-bond donors (Lipinski definition) is 2. The molecule has 0 saturated carbocycles. The first-order chi connectivity index (χ1) is 11.4. The van der Waals surface area contributed by atoms with Crippen LogP contribution in [0.15, 0.2) is 48.5 Å². The molecule has 2 aromatic carbocycles. The molecule has 0 heterocycles. The van der Waals surface area contributed by atoms with Crippen molar-refractivity contribution in [2.45, 2.75) is 20.4 Å². The maximum atomic E-state index is 11.5. The zero-order valence-electron chi connectivity index (χ0n) is 14.0. The number of benzene rings is 2. The molecule has 0 radical (unpaired) electrons. The SMILES string of the molecule is CC(C)(CNCc1ccccc1)COc1cc(Cl)ccc1C(N)=O. The van der Waals surface area contributed by atoms with Crippen LogP contribution in [0.25, 0.3) is 0 Å². The molecule has 0 aromatic heterocycles. The topological polar surface area (TPSA) is 64.3 Å². The van der Waals surface area contributed by atoms with Gasteiger partial charge in [0.25, 0.3) is 5.91 Å². The molecule has 0 fully saturated rings. The van der Waals surface area contributed by atoms with E-state index in [4.69, 9.17) is 22.1 Å². The minimum Gasteiger partial charge on any atom is -0.492 e. The Labute approximate surface area is 148 Å². The van der Waals surface area contributed by atoms with Gasteiger partial charge in [0.15, 0.2) is 0 Å². The van der Waals surface area contributed by atoms with Crippen molar-refractivity contribution in [2.24, 2.45) is 11.1 Å². The van der Waals surface area contributed by atoms with Crippen LogP contribution in [0.3, 0.4) is 0 Å². The van der Waals surface area contributed by atoms with Crippen LogP contribution in [0.4, 0.5) is 0 Å². The number of ether oxygens (including phenoxy) is 1. The monoisotopic (exact) mass is 346 g/mol. The average Bonchev–Trinajstić information content (AvgIpc) is 2.54. The molecule has 24 heavy (non-hydrogen) atoms. The first-order valence-corrected chi connectivity index (χ1v) is 8.22. The summed E-state index contributed by atoms with van der Waals surface area (Å²) in [5.41, 5.74) is 6.83. The van der Waals surface area contributed by atoms with E-state index in [0.717, 1.165) is 13.1 Å². The van der Waals surface area contributed by atoms with Gasteiger partial charge in [-0.3, -0.25) is 4.79 Å². The van der Waals surface area contributed by atoms with Gasteiger partial charge in [-0.25, -0.2) is 0 Å². The van der Waals surface area contributed by atoms with Gasteiger partial charge in [0.2, 0.25) is 0 Å². The lowest BCUT2D eigenvalue weighted by Gasteiger charge is -2.26. The molecular formula is C19H23ClN2O2. The molecule has 0 atom stereocenters. The van der Waals surface area contributed by atoms with Crippen LogP contribution in [0.5, 0.6) is 5.75 Å². The Morgan fingerprint density at radius 3 is 2.58 bits per heavy atom. The Balaban J connectivity index is 1.90. The minimum atomic E-state index is -0.526. The lowest BCUT2D eigenvalue weighted by atomic mass is 9.94. The van der Waals surface area contributed by atoms with Gasteiger partial charge < -0.3 is 15.8 Å². The predicted octanol–water partition coefficient (Wildman–Crippen LogP) is 3.63. The number of carbonyl (C=O) groups is 1. The second kappa shape index (κ2) is 8.18. The van der Waals surface area contributed by atoms with Crippen molar-refractivity contribution in [3.8, 4) is 5.75 Å². The van der Waals surface area contributed by atoms with E-state index < -0.39 is 5.91 Å². The summed E-state index contributed by atoms with van der Waals surface area (Å²) in [7, 11) is 0. The molecule has 128 valence electrons. The molecule has 0 spiro atoms. The van der Waals surface area contributed by atoms with Crippen LogP contribution in [0, 0.1) is 5.41 Å². The molecule has 0 aliphatic carbocycles. The number of rotatable bonds is 8. The summed E-state index contributed by atoms with van der Waals surface area (Å²) in [5.74, 6) is -0.104. The third-order valence-electron chi connectivity index (χ3n) is 3.60. The molecule has 3 N–H and O–H groups in total. The van der Waals surface area contributed by atoms with Gasteiger partial charge in [0.1, 0.15) is 5.75 Å². The Morgan fingerprint density at radius 2 is 1.92 bits per heavy atom. The zero-order valence-corrected chi connectivity index (χ0v) is 14.8. The largest absolute Gasteiger partial charge is 0.492 e. The second-order valence-electron chi connectivity index (χ2n) is 6.55. The average molecular weight is 347 g/mol. The normalized spacial score (nSPS) is 11.3. The molecule has 1 amide bonds. The number of carbonyl (C=O) groups excluding carboxylic acids is 1. The number of hydrogen-bond acceptors (Lipinski definition) is 3. The maximum Gasteiger partial charge on any atom is 0.252 e. The fourth-order valence-corrected chi connectivity index (χ4v) is 2.45. The second-order valence-corrected chi connectivity index (χ2v) is 6.98. The van der Waals surface area contributed by atoms with Crippen LogP contribution in [0.1, 0.15) is 29.8 Å². The summed E-state index contributed by atoms with van der Waals surface area (Å²) in [6.45, 7) is 6.21. The fourth-order valence-electron chi connectivity index (χ4n) is 2.28. The lowest BCUT2D eigenvalue weighted by molar-refractivity contribution is 0.0992. The van der Waals surface area contributed by atoms with Gasteiger partial charge in [-0.2, -0.15) is 0 Å². The first-order valence-electron chi connectivity index (χ1n) is 7.84. The summed E-state index contributed by atoms with van der Waals surface area (Å²) in [4.78, 5) is 11.5. The van der Waals surface area contributed by atoms with E-state index in [-0.39, 0.29) is 5.41 Å². The summed E-state index contributed by atoms with van der Waals surface area (Å²) in [6, 6.07) is 15.0. The Hall–Kier alpha value is -2.04. The van der Waals surface area contributed by atoms with E-state index in [1.807, 2.05) is 18.2 Å². The molecule has 5 heteroatoms. The first kappa shape index (κ1) is 18.3. The van der Waals surface area contributed by atoms with Gasteiger partial charge in [0.05, 0.1) is 12.2 Å². The minimum absolute atomic E-state index is 0.119. The lowest BCUT2D eigenvalue weighted by Crippen LogP contribution is -2.34. The van der Waals surface area contributed by atoms with Crippen LogP contribution in [0.2, 0.25) is 5.02 Å². The number of halogens is 1.